The zero-order valence-corrected chi connectivity index (χ0v) is 9.87. The molecular weight excluding hydrogens is 232 g/mol. The molecule has 0 radical (unpaired) electrons. The minimum atomic E-state index is -0.000787. The molecule has 0 unspecified atom stereocenters. The van der Waals surface area contributed by atoms with E-state index in [1.165, 1.54) is 0 Å². The quantitative estimate of drug-likeness (QED) is 0.761. The van der Waals surface area contributed by atoms with E-state index in [9.17, 15) is 0 Å². The molecule has 1 fully saturated rings. The van der Waals surface area contributed by atoms with Gasteiger partial charge in [-0.2, -0.15) is 0 Å². The maximum absolute atomic E-state index is 5.81. The fourth-order valence-electron chi connectivity index (χ4n) is 2.91. The van der Waals surface area contributed by atoms with E-state index in [-0.39, 0.29) is 6.10 Å². The first kappa shape index (κ1) is 10.3. The van der Waals surface area contributed by atoms with E-state index in [2.05, 4.69) is 6.08 Å². The van der Waals surface area contributed by atoms with Crippen LogP contribution < -0.4 is 9.47 Å². The summed E-state index contributed by atoms with van der Waals surface area (Å²) in [7, 11) is 0. The molecule has 94 valence electrons. The van der Waals surface area contributed by atoms with Gasteiger partial charge in [-0.25, -0.2) is 0 Å². The molecule has 3 aliphatic heterocycles. The highest BCUT2D eigenvalue weighted by molar-refractivity contribution is 5.49. The number of hydrogen-bond acceptors (Lipinski definition) is 4. The zero-order valence-electron chi connectivity index (χ0n) is 9.87. The summed E-state index contributed by atoms with van der Waals surface area (Å²) in [4.78, 5) is 0. The van der Waals surface area contributed by atoms with Gasteiger partial charge in [-0.15, -0.1) is 0 Å². The lowest BCUT2D eigenvalue weighted by atomic mass is 9.85. The predicted octanol–water partition coefficient (Wildman–Crippen LogP) is 2.26. The highest BCUT2D eigenvalue weighted by Crippen LogP contribution is 2.46. The van der Waals surface area contributed by atoms with E-state index in [1.807, 2.05) is 18.2 Å². The van der Waals surface area contributed by atoms with Crippen LogP contribution in [-0.4, -0.2) is 20.0 Å². The van der Waals surface area contributed by atoms with Crippen molar-refractivity contribution in [2.24, 2.45) is 11.8 Å². The summed E-state index contributed by atoms with van der Waals surface area (Å²) < 4.78 is 22.3. The zero-order chi connectivity index (χ0) is 11.9. The molecule has 4 rings (SSSR count). The van der Waals surface area contributed by atoms with Crippen LogP contribution in [-0.2, 0) is 9.47 Å². The Bertz CT molecular complexity index is 497. The third-order valence-electron chi connectivity index (χ3n) is 3.84. The summed E-state index contributed by atoms with van der Waals surface area (Å²) in [5.74, 6) is 2.44. The van der Waals surface area contributed by atoms with E-state index in [0.717, 1.165) is 30.3 Å². The average Bonchev–Trinajstić information content (AvgIpc) is 3.06. The third kappa shape index (κ3) is 1.42. The Labute approximate surface area is 105 Å². The Morgan fingerprint density at radius 1 is 1.11 bits per heavy atom. The van der Waals surface area contributed by atoms with Gasteiger partial charge in [-0.05, 0) is 12.1 Å². The molecule has 1 saturated heterocycles. The lowest BCUT2D eigenvalue weighted by molar-refractivity contribution is 0.0525. The molecule has 1 aromatic rings. The largest absolute Gasteiger partial charge is 0.493 e. The van der Waals surface area contributed by atoms with Crippen LogP contribution in [0.3, 0.4) is 0 Å². The number of para-hydroxylation sites is 1. The van der Waals surface area contributed by atoms with E-state index in [4.69, 9.17) is 18.9 Å². The molecule has 0 aromatic heterocycles. The second-order valence-electron chi connectivity index (χ2n) is 4.83. The number of benzene rings is 1. The molecule has 0 aliphatic carbocycles. The predicted molar refractivity (Wildman–Crippen MR) is 63.3 cm³/mol. The maximum atomic E-state index is 5.81. The average molecular weight is 246 g/mol. The van der Waals surface area contributed by atoms with Crippen LogP contribution in [0.2, 0.25) is 0 Å². The number of hydrogen-bond donors (Lipinski definition) is 0. The molecule has 0 bridgehead atoms. The normalized spacial score (nSPS) is 32.1. The summed E-state index contributed by atoms with van der Waals surface area (Å²) >= 11 is 0. The molecule has 0 saturated carbocycles. The van der Waals surface area contributed by atoms with E-state index in [1.54, 1.807) is 6.26 Å². The van der Waals surface area contributed by atoms with Gasteiger partial charge in [0.1, 0.15) is 6.10 Å². The van der Waals surface area contributed by atoms with Crippen LogP contribution in [0.4, 0.5) is 0 Å². The van der Waals surface area contributed by atoms with Crippen molar-refractivity contribution in [1.29, 1.82) is 0 Å². The van der Waals surface area contributed by atoms with Crippen molar-refractivity contribution in [2.75, 3.05) is 20.0 Å². The summed E-state index contributed by atoms with van der Waals surface area (Å²) in [6.07, 6.45) is 3.88. The topological polar surface area (TPSA) is 36.9 Å². The Balaban J connectivity index is 1.75. The summed E-state index contributed by atoms with van der Waals surface area (Å²) in [6, 6.07) is 5.95. The van der Waals surface area contributed by atoms with Crippen molar-refractivity contribution in [2.45, 2.75) is 6.10 Å². The first-order chi connectivity index (χ1) is 8.93. The Morgan fingerprint density at radius 3 is 3.11 bits per heavy atom. The Kier molecular flexibility index (Phi) is 2.23. The molecule has 4 heteroatoms. The number of ether oxygens (including phenoxy) is 4. The van der Waals surface area contributed by atoms with Crippen LogP contribution in [0.1, 0.15) is 11.7 Å². The van der Waals surface area contributed by atoms with Gasteiger partial charge in [0.25, 0.3) is 0 Å². The van der Waals surface area contributed by atoms with Crippen molar-refractivity contribution in [3.05, 3.63) is 36.1 Å². The highest BCUT2D eigenvalue weighted by atomic mass is 16.7. The second kappa shape index (κ2) is 3.92. The third-order valence-corrected chi connectivity index (χ3v) is 3.84. The lowest BCUT2D eigenvalue weighted by Crippen LogP contribution is -2.24. The van der Waals surface area contributed by atoms with Crippen molar-refractivity contribution >= 4 is 0 Å². The first-order valence-electron chi connectivity index (χ1n) is 6.22. The van der Waals surface area contributed by atoms with Crippen molar-refractivity contribution in [1.82, 2.24) is 0 Å². The number of rotatable bonds is 1. The van der Waals surface area contributed by atoms with E-state index >= 15 is 0 Å². The minimum absolute atomic E-state index is 0.000787. The lowest BCUT2D eigenvalue weighted by Gasteiger charge is -2.29. The Hall–Kier alpha value is -1.68. The van der Waals surface area contributed by atoms with Gasteiger partial charge in [0.15, 0.2) is 11.5 Å². The maximum Gasteiger partial charge on any atom is 0.231 e. The second-order valence-corrected chi connectivity index (χ2v) is 4.83. The van der Waals surface area contributed by atoms with Gasteiger partial charge in [0, 0.05) is 17.4 Å². The van der Waals surface area contributed by atoms with Gasteiger partial charge >= 0.3 is 0 Å². The van der Waals surface area contributed by atoms with Crippen molar-refractivity contribution in [3.8, 4) is 11.5 Å². The minimum Gasteiger partial charge on any atom is -0.493 e. The van der Waals surface area contributed by atoms with E-state index in [0.29, 0.717) is 18.6 Å². The highest BCUT2D eigenvalue weighted by Gasteiger charge is 2.39. The standard InChI is InChI=1S/C14H14O4/c1-2-10(14-12(3-1)17-8-18-14)13-11-7-15-6-9(11)4-5-16-13/h1-5,9,11,13H,6-8H2/t9-,11+,13+/m1/s1. The molecule has 3 aliphatic rings. The van der Waals surface area contributed by atoms with Crippen molar-refractivity contribution in [3.63, 3.8) is 0 Å². The van der Waals surface area contributed by atoms with Crippen LogP contribution in [0.15, 0.2) is 30.5 Å². The Morgan fingerprint density at radius 2 is 2.11 bits per heavy atom. The molecule has 3 atom stereocenters. The van der Waals surface area contributed by atoms with Crippen LogP contribution >= 0.6 is 0 Å². The summed E-state index contributed by atoms with van der Waals surface area (Å²) in [6.45, 7) is 1.82. The van der Waals surface area contributed by atoms with Gasteiger partial charge in [-0.1, -0.05) is 12.1 Å². The smallest absolute Gasteiger partial charge is 0.231 e. The van der Waals surface area contributed by atoms with Gasteiger partial charge in [0.05, 0.1) is 19.5 Å². The first-order valence-corrected chi connectivity index (χ1v) is 6.22. The molecule has 1 aromatic carbocycles. The monoisotopic (exact) mass is 246 g/mol. The molecule has 4 nitrogen and oxygen atoms in total. The summed E-state index contributed by atoms with van der Waals surface area (Å²) in [5.41, 5.74) is 1.06. The molecule has 0 amide bonds. The molecular formula is C14H14O4. The molecule has 0 spiro atoms. The van der Waals surface area contributed by atoms with Crippen LogP contribution in [0, 0.1) is 11.8 Å². The van der Waals surface area contributed by atoms with Crippen LogP contribution in [0.25, 0.3) is 0 Å². The number of fused-ring (bicyclic) bond motifs is 2. The fraction of sp³-hybridized carbons (Fsp3) is 0.429. The summed E-state index contributed by atoms with van der Waals surface area (Å²) in [5, 5.41) is 0. The van der Waals surface area contributed by atoms with Crippen molar-refractivity contribution < 1.29 is 18.9 Å². The SMILES string of the molecule is C1=C[C@@H]2COC[C@@H]2[C@H](c2cccc3c2OCO3)O1. The van der Waals surface area contributed by atoms with Gasteiger partial charge in [-0.3, -0.25) is 0 Å². The molecule has 3 heterocycles. The van der Waals surface area contributed by atoms with Gasteiger partial charge < -0.3 is 18.9 Å². The van der Waals surface area contributed by atoms with E-state index < -0.39 is 0 Å². The fourth-order valence-corrected chi connectivity index (χ4v) is 2.91. The molecule has 0 N–H and O–H groups in total. The van der Waals surface area contributed by atoms with Crippen LogP contribution in [0.5, 0.6) is 11.5 Å². The van der Waals surface area contributed by atoms with Gasteiger partial charge in [0.2, 0.25) is 6.79 Å². The molecule has 18 heavy (non-hydrogen) atoms.